The number of benzene rings is 1. The van der Waals surface area contributed by atoms with Crippen LogP contribution in [0.25, 0.3) is 0 Å². The fourth-order valence-electron chi connectivity index (χ4n) is 2.21. The van der Waals surface area contributed by atoms with Crippen LogP contribution in [0, 0.1) is 5.92 Å². The van der Waals surface area contributed by atoms with Crippen LogP contribution in [-0.4, -0.2) is 19.4 Å². The Kier molecular flexibility index (Phi) is 3.01. The first kappa shape index (κ1) is 11.8. The maximum Gasteiger partial charge on any atom is 0.189 e. The van der Waals surface area contributed by atoms with Crippen molar-refractivity contribution in [3.8, 4) is 0 Å². The lowest BCUT2D eigenvalue weighted by Crippen LogP contribution is -2.23. The molecule has 3 heteroatoms. The Balaban J connectivity index is 2.54. The van der Waals surface area contributed by atoms with E-state index in [2.05, 4.69) is 13.8 Å². The molecule has 1 aliphatic rings. The quantitative estimate of drug-likeness (QED) is 0.722. The minimum atomic E-state index is -0.00384. The van der Waals surface area contributed by atoms with Crippen molar-refractivity contribution in [2.45, 2.75) is 20.3 Å². The van der Waals surface area contributed by atoms with E-state index < -0.39 is 0 Å². The van der Waals surface area contributed by atoms with E-state index in [0.29, 0.717) is 34.5 Å². The molecule has 0 unspecified atom stereocenters. The lowest BCUT2D eigenvalue weighted by atomic mass is 9.73. The van der Waals surface area contributed by atoms with Crippen molar-refractivity contribution in [2.24, 2.45) is 5.92 Å². The number of carbonyl (C=O) groups is 2. The zero-order chi connectivity index (χ0) is 12.6. The summed E-state index contributed by atoms with van der Waals surface area (Å²) >= 11 is 0. The molecule has 0 bridgehead atoms. The minimum Gasteiger partial charge on any atom is -0.290 e. The molecule has 0 fully saturated rings. The van der Waals surface area contributed by atoms with Crippen LogP contribution in [0.4, 0.5) is 0 Å². The van der Waals surface area contributed by atoms with E-state index in [1.807, 2.05) is 0 Å². The van der Waals surface area contributed by atoms with Crippen LogP contribution < -0.4 is 0 Å². The molecule has 0 aliphatic heterocycles. The molecule has 0 saturated carbocycles. The second-order valence-electron chi connectivity index (χ2n) is 4.91. The number of fused-ring (bicyclic) bond motifs is 1. The molecule has 0 amide bonds. The van der Waals surface area contributed by atoms with Crippen LogP contribution in [0.2, 0.25) is 0 Å². The zero-order valence-corrected chi connectivity index (χ0v) is 10.4. The molecule has 0 aromatic heterocycles. The molecule has 0 radical (unpaired) electrons. The van der Waals surface area contributed by atoms with E-state index in [4.69, 9.17) is 0 Å². The summed E-state index contributed by atoms with van der Waals surface area (Å²) < 4.78 is 0. The molecular weight excluding hydrogens is 211 g/mol. The predicted molar refractivity (Wildman–Crippen MR) is 70.1 cm³/mol. The van der Waals surface area contributed by atoms with Crippen molar-refractivity contribution in [3.05, 3.63) is 46.4 Å². The fraction of sp³-hybridized carbons (Fsp3) is 0.286. The van der Waals surface area contributed by atoms with Crippen molar-refractivity contribution in [2.75, 3.05) is 0 Å². The van der Waals surface area contributed by atoms with Crippen molar-refractivity contribution in [3.63, 3.8) is 0 Å². The number of rotatable bonds is 2. The normalized spacial score (nSPS) is 15.5. The number of hydrogen-bond acceptors (Lipinski definition) is 2. The number of hydrogen-bond donors (Lipinski definition) is 0. The molecule has 0 atom stereocenters. The second kappa shape index (κ2) is 4.32. The van der Waals surface area contributed by atoms with E-state index in [0.717, 1.165) is 0 Å². The highest BCUT2D eigenvalue weighted by atomic mass is 16.1. The molecule has 2 rings (SSSR count). The zero-order valence-electron chi connectivity index (χ0n) is 10.4. The van der Waals surface area contributed by atoms with Crippen molar-refractivity contribution >= 4 is 19.4 Å². The molecule has 17 heavy (non-hydrogen) atoms. The van der Waals surface area contributed by atoms with E-state index in [-0.39, 0.29) is 11.6 Å². The Labute approximate surface area is 102 Å². The maximum atomic E-state index is 12.3. The summed E-state index contributed by atoms with van der Waals surface area (Å²) in [5.41, 5.74) is 2.40. The lowest BCUT2D eigenvalue weighted by Gasteiger charge is -2.20. The van der Waals surface area contributed by atoms with Crippen molar-refractivity contribution < 1.29 is 9.59 Å². The van der Waals surface area contributed by atoms with Gasteiger partial charge in [0.05, 0.1) is 0 Å². The number of ketones is 2. The Morgan fingerprint density at radius 2 is 1.59 bits per heavy atom. The molecule has 1 aromatic rings. The molecule has 0 saturated heterocycles. The van der Waals surface area contributed by atoms with Gasteiger partial charge in [0.25, 0.3) is 0 Å². The smallest absolute Gasteiger partial charge is 0.189 e. The summed E-state index contributed by atoms with van der Waals surface area (Å²) in [7, 11) is 1.76. The average molecular weight is 226 g/mol. The van der Waals surface area contributed by atoms with Gasteiger partial charge in [-0.1, -0.05) is 38.1 Å². The highest BCUT2D eigenvalue weighted by molar-refractivity contribution is 6.46. The predicted octanol–water partition coefficient (Wildman–Crippen LogP) is 2.00. The van der Waals surface area contributed by atoms with Crippen molar-refractivity contribution in [1.29, 1.82) is 0 Å². The van der Waals surface area contributed by atoms with Crippen LogP contribution in [0.1, 0.15) is 41.0 Å². The van der Waals surface area contributed by atoms with Crippen molar-refractivity contribution in [1.82, 2.24) is 0 Å². The highest BCUT2D eigenvalue weighted by Gasteiger charge is 2.28. The largest absolute Gasteiger partial charge is 0.290 e. The Bertz CT molecular complexity index is 527. The van der Waals surface area contributed by atoms with Gasteiger partial charge >= 0.3 is 0 Å². The van der Waals surface area contributed by atoms with Gasteiger partial charge in [-0.3, -0.25) is 9.59 Å². The van der Waals surface area contributed by atoms with Gasteiger partial charge in [0.1, 0.15) is 7.85 Å². The average Bonchev–Trinajstić information content (AvgIpc) is 2.31. The number of carbonyl (C=O) groups excluding carboxylic acids is 2. The minimum absolute atomic E-state index is 0.00384. The van der Waals surface area contributed by atoms with E-state index in [1.165, 1.54) is 0 Å². The summed E-state index contributed by atoms with van der Waals surface area (Å²) in [6.07, 6.45) is 0.671. The molecule has 1 aliphatic carbocycles. The topological polar surface area (TPSA) is 34.1 Å². The standard InChI is InChI=1S/C14H15BO2/c1-8(2)7-11-12(15)14(17)10-6-4-3-5-9(10)13(11)16/h3-6,8H,7,15H2,1-2H3. The highest BCUT2D eigenvalue weighted by Crippen LogP contribution is 2.28. The van der Waals surface area contributed by atoms with Gasteiger partial charge in [-0.15, -0.1) is 0 Å². The first-order valence-corrected chi connectivity index (χ1v) is 5.90. The third kappa shape index (κ3) is 1.97. The number of Topliss-reactive ketones (excluding diaryl/α,β-unsaturated/α-hetero) is 2. The summed E-state index contributed by atoms with van der Waals surface area (Å²) in [4.78, 5) is 24.4. The SMILES string of the molecule is BC1=C(CC(C)C)C(=O)c2ccccc2C1=O. The molecule has 0 spiro atoms. The van der Waals surface area contributed by atoms with Gasteiger partial charge in [-0.25, -0.2) is 0 Å². The molecule has 0 N–H and O–H groups in total. The van der Waals surface area contributed by atoms with Gasteiger partial charge < -0.3 is 0 Å². The van der Waals surface area contributed by atoms with Gasteiger partial charge in [-0.2, -0.15) is 0 Å². The maximum absolute atomic E-state index is 12.3. The van der Waals surface area contributed by atoms with Crippen LogP contribution in [-0.2, 0) is 0 Å². The van der Waals surface area contributed by atoms with Crippen LogP contribution in [0.15, 0.2) is 35.3 Å². The first-order chi connectivity index (χ1) is 8.02. The third-order valence-corrected chi connectivity index (χ3v) is 3.10. The second-order valence-corrected chi connectivity index (χ2v) is 4.91. The lowest BCUT2D eigenvalue weighted by molar-refractivity contribution is 0.0976. The summed E-state index contributed by atoms with van der Waals surface area (Å²) in [6.45, 7) is 4.11. The van der Waals surface area contributed by atoms with E-state index in [1.54, 1.807) is 32.1 Å². The molecule has 1 aromatic carbocycles. The van der Waals surface area contributed by atoms with Gasteiger partial charge in [0.2, 0.25) is 0 Å². The fourth-order valence-corrected chi connectivity index (χ4v) is 2.21. The molecule has 0 heterocycles. The van der Waals surface area contributed by atoms with Gasteiger partial charge in [0, 0.05) is 11.1 Å². The first-order valence-electron chi connectivity index (χ1n) is 5.90. The monoisotopic (exact) mass is 226 g/mol. The van der Waals surface area contributed by atoms with Gasteiger partial charge in [0.15, 0.2) is 11.6 Å². The molecular formula is C14H15BO2. The molecule has 86 valence electrons. The van der Waals surface area contributed by atoms with Crippen LogP contribution >= 0.6 is 0 Å². The summed E-state index contributed by atoms with van der Waals surface area (Å²) in [6, 6.07) is 7.07. The number of allylic oxidation sites excluding steroid dienone is 2. The van der Waals surface area contributed by atoms with Crippen LogP contribution in [0.5, 0.6) is 0 Å². The molecule has 2 nitrogen and oxygen atoms in total. The van der Waals surface area contributed by atoms with E-state index >= 15 is 0 Å². The summed E-state index contributed by atoms with van der Waals surface area (Å²) in [5.74, 6) is 0.393. The Morgan fingerprint density at radius 3 is 2.12 bits per heavy atom. The third-order valence-electron chi connectivity index (χ3n) is 3.10. The van der Waals surface area contributed by atoms with E-state index in [9.17, 15) is 9.59 Å². The van der Waals surface area contributed by atoms with Crippen LogP contribution in [0.3, 0.4) is 0 Å². The van der Waals surface area contributed by atoms with Gasteiger partial charge in [-0.05, 0) is 23.4 Å². The summed E-state index contributed by atoms with van der Waals surface area (Å²) in [5, 5.41) is 0. The Hall–Kier alpha value is -1.64. The Morgan fingerprint density at radius 1 is 1.06 bits per heavy atom.